The van der Waals surface area contributed by atoms with Gasteiger partial charge in [-0.3, -0.25) is 14.9 Å². The molecule has 0 bridgehead atoms. The summed E-state index contributed by atoms with van der Waals surface area (Å²) >= 11 is 0. The predicted molar refractivity (Wildman–Crippen MR) is 89.9 cm³/mol. The largest absolute Gasteiger partial charge is 0.462 e. The Balaban J connectivity index is 2.18. The van der Waals surface area contributed by atoms with Gasteiger partial charge in [-0.1, -0.05) is 18.2 Å². The van der Waals surface area contributed by atoms with E-state index in [-0.39, 0.29) is 29.1 Å². The van der Waals surface area contributed by atoms with Crippen molar-refractivity contribution in [1.82, 2.24) is 4.40 Å². The standard InChI is InChI=1S/C18H14N2O5/c1-2-25-18(22)13-11-16(19-10-6-5-8-14(13)19)17(21)12-7-3-4-9-15(12)20(23)24/h3-11H,2H2,1H3. The van der Waals surface area contributed by atoms with E-state index < -0.39 is 16.7 Å². The second kappa shape index (κ2) is 6.56. The van der Waals surface area contributed by atoms with E-state index in [4.69, 9.17) is 4.74 Å². The molecule has 7 heteroatoms. The van der Waals surface area contributed by atoms with Gasteiger partial charge in [0.2, 0.25) is 5.78 Å². The molecule has 0 fully saturated rings. The number of aromatic nitrogens is 1. The summed E-state index contributed by atoms with van der Waals surface area (Å²) in [5, 5.41) is 11.2. The van der Waals surface area contributed by atoms with Crippen LogP contribution in [-0.4, -0.2) is 27.7 Å². The number of hydrogen-bond donors (Lipinski definition) is 0. The van der Waals surface area contributed by atoms with Gasteiger partial charge < -0.3 is 9.14 Å². The van der Waals surface area contributed by atoms with Crippen molar-refractivity contribution >= 4 is 23.0 Å². The monoisotopic (exact) mass is 338 g/mol. The first kappa shape index (κ1) is 16.4. The maximum atomic E-state index is 12.9. The number of para-hydroxylation sites is 1. The average Bonchev–Trinajstić information content (AvgIpc) is 3.01. The smallest absolute Gasteiger partial charge is 0.340 e. The van der Waals surface area contributed by atoms with Gasteiger partial charge >= 0.3 is 5.97 Å². The summed E-state index contributed by atoms with van der Waals surface area (Å²) in [5.74, 6) is -1.09. The van der Waals surface area contributed by atoms with Crippen molar-refractivity contribution in [1.29, 1.82) is 0 Å². The lowest BCUT2D eigenvalue weighted by atomic mass is 10.1. The van der Waals surface area contributed by atoms with Crippen LogP contribution in [0.4, 0.5) is 5.69 Å². The molecule has 0 unspecified atom stereocenters. The number of benzene rings is 1. The third-order valence-electron chi connectivity index (χ3n) is 3.75. The number of carbonyl (C=O) groups excluding carboxylic acids is 2. The van der Waals surface area contributed by atoms with E-state index in [0.29, 0.717) is 5.52 Å². The van der Waals surface area contributed by atoms with Crippen LogP contribution in [0.5, 0.6) is 0 Å². The van der Waals surface area contributed by atoms with Crippen molar-refractivity contribution in [3.63, 3.8) is 0 Å². The number of nitro groups is 1. The number of hydrogen-bond acceptors (Lipinski definition) is 5. The highest BCUT2D eigenvalue weighted by molar-refractivity contribution is 6.13. The van der Waals surface area contributed by atoms with E-state index in [9.17, 15) is 19.7 Å². The van der Waals surface area contributed by atoms with Crippen LogP contribution >= 0.6 is 0 Å². The third kappa shape index (κ3) is 2.87. The van der Waals surface area contributed by atoms with Gasteiger partial charge in [-0.15, -0.1) is 0 Å². The molecular formula is C18H14N2O5. The highest BCUT2D eigenvalue weighted by Crippen LogP contribution is 2.25. The molecular weight excluding hydrogens is 324 g/mol. The van der Waals surface area contributed by atoms with Crippen molar-refractivity contribution < 1.29 is 19.2 Å². The Hall–Kier alpha value is -3.48. The second-order valence-corrected chi connectivity index (χ2v) is 5.22. The Morgan fingerprint density at radius 1 is 1.12 bits per heavy atom. The van der Waals surface area contributed by atoms with Gasteiger partial charge in [0.1, 0.15) is 5.56 Å². The summed E-state index contributed by atoms with van der Waals surface area (Å²) in [6, 6.07) is 12.3. The number of ether oxygens (including phenoxy) is 1. The van der Waals surface area contributed by atoms with Gasteiger partial charge in [-0.25, -0.2) is 4.79 Å². The van der Waals surface area contributed by atoms with Crippen LogP contribution in [-0.2, 0) is 4.74 Å². The number of fused-ring (bicyclic) bond motifs is 1. The Labute approximate surface area is 142 Å². The summed E-state index contributed by atoms with van der Waals surface area (Å²) in [5.41, 5.74) is 0.586. The zero-order chi connectivity index (χ0) is 18.0. The molecule has 3 rings (SSSR count). The molecule has 1 aromatic carbocycles. The average molecular weight is 338 g/mol. The summed E-state index contributed by atoms with van der Waals surface area (Å²) in [6.07, 6.45) is 1.63. The Morgan fingerprint density at radius 3 is 2.56 bits per heavy atom. The minimum Gasteiger partial charge on any atom is -0.462 e. The number of nitro benzene ring substituents is 1. The van der Waals surface area contributed by atoms with Crippen molar-refractivity contribution in [2.45, 2.75) is 6.92 Å². The van der Waals surface area contributed by atoms with Gasteiger partial charge in [0.15, 0.2) is 0 Å². The molecule has 0 aliphatic carbocycles. The lowest BCUT2D eigenvalue weighted by Gasteiger charge is -2.03. The highest BCUT2D eigenvalue weighted by atomic mass is 16.6. The van der Waals surface area contributed by atoms with E-state index in [0.717, 1.165) is 0 Å². The molecule has 0 saturated carbocycles. The van der Waals surface area contributed by atoms with Crippen molar-refractivity contribution in [2.75, 3.05) is 6.61 Å². The third-order valence-corrected chi connectivity index (χ3v) is 3.75. The molecule has 25 heavy (non-hydrogen) atoms. The molecule has 7 nitrogen and oxygen atoms in total. The fourth-order valence-corrected chi connectivity index (χ4v) is 2.66. The molecule has 0 radical (unpaired) electrons. The van der Waals surface area contributed by atoms with E-state index in [1.165, 1.54) is 28.7 Å². The van der Waals surface area contributed by atoms with Crippen molar-refractivity contribution in [3.8, 4) is 0 Å². The number of nitrogens with zero attached hydrogens (tertiary/aromatic N) is 2. The minimum atomic E-state index is -0.602. The summed E-state index contributed by atoms with van der Waals surface area (Å²) in [7, 11) is 0. The quantitative estimate of drug-likeness (QED) is 0.308. The lowest BCUT2D eigenvalue weighted by molar-refractivity contribution is -0.385. The Bertz CT molecular complexity index is 990. The molecule has 2 heterocycles. The topological polar surface area (TPSA) is 90.9 Å². The number of pyridine rings is 1. The molecule has 126 valence electrons. The predicted octanol–water partition coefficient (Wildman–Crippen LogP) is 3.26. The summed E-state index contributed by atoms with van der Waals surface area (Å²) < 4.78 is 6.56. The van der Waals surface area contributed by atoms with Crippen molar-refractivity contribution in [3.05, 3.63) is 81.7 Å². The maximum absolute atomic E-state index is 12.9. The first-order valence-electron chi connectivity index (χ1n) is 7.60. The van der Waals surface area contributed by atoms with E-state index in [1.54, 1.807) is 37.4 Å². The zero-order valence-corrected chi connectivity index (χ0v) is 13.3. The molecule has 0 amide bonds. The molecule has 0 spiro atoms. The Kier molecular flexibility index (Phi) is 4.30. The van der Waals surface area contributed by atoms with Gasteiger partial charge in [0.25, 0.3) is 5.69 Å². The molecule has 0 aliphatic rings. The summed E-state index contributed by atoms with van der Waals surface area (Å²) in [4.78, 5) is 35.6. The normalized spacial score (nSPS) is 10.6. The molecule has 2 aromatic heterocycles. The maximum Gasteiger partial charge on any atom is 0.340 e. The van der Waals surface area contributed by atoms with Gasteiger partial charge in [-0.2, -0.15) is 0 Å². The fraction of sp³-hybridized carbons (Fsp3) is 0.111. The lowest BCUT2D eigenvalue weighted by Crippen LogP contribution is -2.08. The first-order valence-corrected chi connectivity index (χ1v) is 7.60. The summed E-state index contributed by atoms with van der Waals surface area (Å²) in [6.45, 7) is 1.89. The molecule has 3 aromatic rings. The fourth-order valence-electron chi connectivity index (χ4n) is 2.66. The van der Waals surface area contributed by atoms with Crippen LogP contribution in [0.1, 0.15) is 33.3 Å². The zero-order valence-electron chi connectivity index (χ0n) is 13.3. The van der Waals surface area contributed by atoms with Crippen LogP contribution in [0, 0.1) is 10.1 Å². The van der Waals surface area contributed by atoms with Crippen LogP contribution < -0.4 is 0 Å². The van der Waals surface area contributed by atoms with Crippen molar-refractivity contribution in [2.24, 2.45) is 0 Å². The SMILES string of the molecule is CCOC(=O)c1cc(C(=O)c2ccccc2[N+](=O)[O-])n2ccccc12. The second-order valence-electron chi connectivity index (χ2n) is 5.22. The van der Waals surface area contributed by atoms with E-state index >= 15 is 0 Å². The van der Waals surface area contributed by atoms with Crippen LogP contribution in [0.2, 0.25) is 0 Å². The first-order chi connectivity index (χ1) is 12.0. The highest BCUT2D eigenvalue weighted by Gasteiger charge is 2.25. The van der Waals surface area contributed by atoms with Gasteiger partial charge in [-0.05, 0) is 31.2 Å². The molecule has 0 atom stereocenters. The van der Waals surface area contributed by atoms with E-state index in [2.05, 4.69) is 0 Å². The molecule has 0 saturated heterocycles. The van der Waals surface area contributed by atoms with Gasteiger partial charge in [0.05, 0.1) is 28.3 Å². The molecule has 0 N–H and O–H groups in total. The minimum absolute atomic E-state index is 0.0360. The van der Waals surface area contributed by atoms with Gasteiger partial charge in [0, 0.05) is 12.3 Å². The number of carbonyl (C=O) groups is 2. The number of ketones is 1. The van der Waals surface area contributed by atoms with Crippen LogP contribution in [0.15, 0.2) is 54.7 Å². The molecule has 0 aliphatic heterocycles. The van der Waals surface area contributed by atoms with Crippen LogP contribution in [0.25, 0.3) is 5.52 Å². The Morgan fingerprint density at radius 2 is 1.84 bits per heavy atom. The number of esters is 1. The van der Waals surface area contributed by atoms with E-state index in [1.807, 2.05) is 0 Å². The van der Waals surface area contributed by atoms with Crippen LogP contribution in [0.3, 0.4) is 0 Å². The number of rotatable bonds is 5.